The van der Waals surface area contributed by atoms with Crippen LogP contribution in [0, 0.1) is 0 Å². The van der Waals surface area contributed by atoms with Crippen LogP contribution in [0.15, 0.2) is 67.0 Å². The van der Waals surface area contributed by atoms with Crippen LogP contribution >= 0.6 is 0 Å². The van der Waals surface area contributed by atoms with E-state index >= 15 is 0 Å². The Hall–Kier alpha value is -4.18. The van der Waals surface area contributed by atoms with E-state index in [4.69, 9.17) is 14.5 Å². The highest BCUT2D eigenvalue weighted by Gasteiger charge is 2.42. The first-order valence-corrected chi connectivity index (χ1v) is 16.7. The van der Waals surface area contributed by atoms with Gasteiger partial charge in [0.05, 0.1) is 42.7 Å². The predicted octanol–water partition coefficient (Wildman–Crippen LogP) is 6.29. The van der Waals surface area contributed by atoms with Gasteiger partial charge in [0.1, 0.15) is 5.60 Å². The Morgan fingerprint density at radius 3 is 2.23 bits per heavy atom. The lowest BCUT2D eigenvalue weighted by atomic mass is 9.84. The molecule has 2 amide bonds. The van der Waals surface area contributed by atoms with Crippen LogP contribution in [0.25, 0.3) is 11.3 Å². The van der Waals surface area contributed by atoms with E-state index in [2.05, 4.69) is 0 Å². The minimum atomic E-state index is -1.42. The highest BCUT2D eigenvalue weighted by Crippen LogP contribution is 2.38. The Kier molecular flexibility index (Phi) is 11.8. The number of imidazole rings is 1. The normalized spacial score (nSPS) is 17.1. The fraction of sp³-hybridized carbons (Fsp3) is 0.514. The molecule has 3 atom stereocenters. The lowest BCUT2D eigenvalue weighted by Crippen LogP contribution is -2.58. The van der Waals surface area contributed by atoms with Crippen molar-refractivity contribution in [2.45, 2.75) is 96.9 Å². The maximum absolute atomic E-state index is 14.6. The van der Waals surface area contributed by atoms with E-state index < -0.39 is 29.3 Å². The molecule has 1 saturated heterocycles. The van der Waals surface area contributed by atoms with Crippen molar-refractivity contribution >= 4 is 18.0 Å². The summed E-state index contributed by atoms with van der Waals surface area (Å²) in [4.78, 5) is 48.6. The van der Waals surface area contributed by atoms with E-state index in [-0.39, 0.29) is 30.7 Å². The third kappa shape index (κ3) is 8.80. The van der Waals surface area contributed by atoms with Gasteiger partial charge in [-0.1, -0.05) is 80.9 Å². The minimum absolute atomic E-state index is 0.172. The smallest absolute Gasteiger partial charge is 0.410 e. The largest absolute Gasteiger partial charge is 0.466 e. The van der Waals surface area contributed by atoms with E-state index in [1.165, 1.54) is 0 Å². The van der Waals surface area contributed by atoms with Crippen molar-refractivity contribution in [1.82, 2.24) is 19.4 Å². The maximum Gasteiger partial charge on any atom is 0.410 e. The zero-order chi connectivity index (χ0) is 34.2. The number of carbonyl (C=O) groups excluding carboxylic acids is 3. The second-order valence-electron chi connectivity index (χ2n) is 13.2. The Bertz CT molecular complexity index is 1490. The maximum atomic E-state index is 14.6. The number of hydrogen-bond donors (Lipinski definition) is 1. The van der Waals surface area contributed by atoms with Crippen LogP contribution < -0.4 is 0 Å². The summed E-state index contributed by atoms with van der Waals surface area (Å²) in [5, 5.41) is 12.1. The number of amides is 2. The second-order valence-corrected chi connectivity index (χ2v) is 13.2. The molecule has 0 aliphatic carbocycles. The molecule has 1 unspecified atom stereocenters. The molecule has 10 heteroatoms. The molecule has 0 saturated carbocycles. The molecular formula is C37H50N4O6. The molecule has 254 valence electrons. The second kappa shape index (κ2) is 15.6. The number of nitrogens with zero attached hydrogens (tertiary/aromatic N) is 4. The molecule has 2 aromatic carbocycles. The third-order valence-corrected chi connectivity index (χ3v) is 8.53. The van der Waals surface area contributed by atoms with Gasteiger partial charge in [0.2, 0.25) is 0 Å². The molecule has 1 N–H and O–H groups in total. The van der Waals surface area contributed by atoms with E-state index in [9.17, 15) is 19.5 Å². The molecular weight excluding hydrogens is 596 g/mol. The Balaban J connectivity index is 1.76. The molecule has 10 nitrogen and oxygen atoms in total. The van der Waals surface area contributed by atoms with Gasteiger partial charge in [-0.05, 0) is 52.5 Å². The molecule has 0 radical (unpaired) electrons. The van der Waals surface area contributed by atoms with E-state index in [1.807, 2.05) is 105 Å². The van der Waals surface area contributed by atoms with Crippen molar-refractivity contribution in [3.63, 3.8) is 0 Å². The molecule has 3 aromatic rings. The number of rotatable bonds is 12. The highest BCUT2D eigenvalue weighted by molar-refractivity contribution is 5.98. The predicted molar refractivity (Wildman–Crippen MR) is 181 cm³/mol. The number of aromatic nitrogens is 2. The molecule has 0 spiro atoms. The highest BCUT2D eigenvalue weighted by atomic mass is 16.6. The molecule has 47 heavy (non-hydrogen) atoms. The zero-order valence-corrected chi connectivity index (χ0v) is 28.6. The molecule has 1 aliphatic rings. The molecule has 4 rings (SSSR count). The summed E-state index contributed by atoms with van der Waals surface area (Å²) in [5.41, 5.74) is 0.592. The number of piperazine rings is 1. The summed E-state index contributed by atoms with van der Waals surface area (Å²) >= 11 is 0. The topological polar surface area (TPSA) is 114 Å². The van der Waals surface area contributed by atoms with Gasteiger partial charge in [-0.15, -0.1) is 0 Å². The Morgan fingerprint density at radius 1 is 0.979 bits per heavy atom. The van der Waals surface area contributed by atoms with Gasteiger partial charge in [-0.2, -0.15) is 0 Å². The molecule has 1 aliphatic heterocycles. The fourth-order valence-corrected chi connectivity index (χ4v) is 6.55. The number of aliphatic hydroxyl groups is 1. The van der Waals surface area contributed by atoms with Crippen LogP contribution in [-0.2, 0) is 20.7 Å². The first-order chi connectivity index (χ1) is 22.4. The average molecular weight is 647 g/mol. The van der Waals surface area contributed by atoms with Gasteiger partial charge in [-0.3, -0.25) is 9.59 Å². The number of hydrogen-bond acceptors (Lipinski definition) is 7. The van der Waals surface area contributed by atoms with Crippen LogP contribution in [0.3, 0.4) is 0 Å². The number of carbonyl (C=O) groups is 3. The van der Waals surface area contributed by atoms with Crippen molar-refractivity contribution in [2.24, 2.45) is 0 Å². The quantitative estimate of drug-likeness (QED) is 0.230. The van der Waals surface area contributed by atoms with Crippen LogP contribution in [0.2, 0.25) is 0 Å². The van der Waals surface area contributed by atoms with Crippen LogP contribution in [0.1, 0.15) is 89.3 Å². The summed E-state index contributed by atoms with van der Waals surface area (Å²) in [7, 11) is 0. The van der Waals surface area contributed by atoms with Gasteiger partial charge < -0.3 is 28.9 Å². The SMILES string of the molecule is CCCC(O)(CC(=O)OCC)[C@H](CC)n1cnc(C(=O)N2CCN(C(=O)OC(C)(C)C)C[C@H]2Cc2ccccc2)c1-c1ccccc1. The van der Waals surface area contributed by atoms with E-state index in [0.29, 0.717) is 51.0 Å². The van der Waals surface area contributed by atoms with Crippen LogP contribution in [0.5, 0.6) is 0 Å². The minimum Gasteiger partial charge on any atom is -0.466 e. The Morgan fingerprint density at radius 2 is 1.64 bits per heavy atom. The Labute approximate surface area is 278 Å². The summed E-state index contributed by atoms with van der Waals surface area (Å²) < 4.78 is 12.8. The zero-order valence-electron chi connectivity index (χ0n) is 28.6. The van der Waals surface area contributed by atoms with Gasteiger partial charge in [0.25, 0.3) is 5.91 Å². The number of ether oxygens (including phenoxy) is 2. The third-order valence-electron chi connectivity index (χ3n) is 8.53. The first kappa shape index (κ1) is 35.7. The molecule has 0 bridgehead atoms. The number of esters is 1. The fourth-order valence-electron chi connectivity index (χ4n) is 6.55. The first-order valence-electron chi connectivity index (χ1n) is 16.7. The molecule has 2 heterocycles. The summed E-state index contributed by atoms with van der Waals surface area (Å²) in [6.45, 7) is 12.3. The standard InChI is InChI=1S/C37H50N4O6/c1-7-20-37(45,24-31(42)46-9-3)30(8-2)41-26-38-32(33(41)28-18-14-11-15-19-28)34(43)40-22-21-39(35(44)47-36(4,5)6)25-29(40)23-27-16-12-10-13-17-27/h10-19,26,29-30,45H,7-9,20-25H2,1-6H3/t29-,30+,37?/m1/s1. The summed E-state index contributed by atoms with van der Waals surface area (Å²) in [6, 6.07) is 18.6. The van der Waals surface area contributed by atoms with Gasteiger partial charge >= 0.3 is 12.1 Å². The van der Waals surface area contributed by atoms with Gasteiger partial charge in [0, 0.05) is 25.2 Å². The summed E-state index contributed by atoms with van der Waals surface area (Å²) in [6.07, 6.45) is 3.08. The number of benzene rings is 2. The van der Waals surface area contributed by atoms with E-state index in [0.717, 1.165) is 11.1 Å². The van der Waals surface area contributed by atoms with Gasteiger partial charge in [0.15, 0.2) is 5.69 Å². The van der Waals surface area contributed by atoms with Crippen molar-refractivity contribution in [1.29, 1.82) is 0 Å². The van der Waals surface area contributed by atoms with E-state index in [1.54, 1.807) is 18.2 Å². The monoisotopic (exact) mass is 646 g/mol. The molecule has 1 fully saturated rings. The lowest BCUT2D eigenvalue weighted by Gasteiger charge is -2.41. The summed E-state index contributed by atoms with van der Waals surface area (Å²) in [5.74, 6) is -0.724. The van der Waals surface area contributed by atoms with Crippen molar-refractivity contribution in [3.8, 4) is 11.3 Å². The van der Waals surface area contributed by atoms with Crippen LogP contribution in [-0.4, -0.2) is 85.9 Å². The van der Waals surface area contributed by atoms with Crippen LogP contribution in [0.4, 0.5) is 4.79 Å². The van der Waals surface area contributed by atoms with Crippen molar-refractivity contribution in [3.05, 3.63) is 78.2 Å². The van der Waals surface area contributed by atoms with Crippen molar-refractivity contribution < 1.29 is 29.0 Å². The lowest BCUT2D eigenvalue weighted by molar-refractivity contribution is -0.151. The molecule has 1 aromatic heterocycles. The van der Waals surface area contributed by atoms with Gasteiger partial charge in [-0.25, -0.2) is 9.78 Å². The van der Waals surface area contributed by atoms with Crippen molar-refractivity contribution in [2.75, 3.05) is 26.2 Å². The average Bonchev–Trinajstić information content (AvgIpc) is 3.46.